The molecule has 0 saturated carbocycles. The van der Waals surface area contributed by atoms with E-state index in [0.717, 1.165) is 15.8 Å². The molecule has 3 rings (SSSR count). The molecule has 0 saturated heterocycles. The Bertz CT molecular complexity index is 1200. The molecule has 1 aromatic heterocycles. The topological polar surface area (TPSA) is 93.1 Å². The van der Waals surface area contributed by atoms with Gasteiger partial charge >= 0.3 is 0 Å². The maximum atomic E-state index is 13.1. The fraction of sp³-hybridized carbons (Fsp3) is 0.250. The maximum Gasteiger partial charge on any atom is 0.291 e. The number of para-hydroxylation sites is 1. The van der Waals surface area contributed by atoms with Crippen molar-refractivity contribution in [2.75, 3.05) is 10.6 Å². The van der Waals surface area contributed by atoms with Crippen LogP contribution < -0.4 is 16.2 Å². The van der Waals surface area contributed by atoms with Crippen molar-refractivity contribution in [3.05, 3.63) is 75.5 Å². The summed E-state index contributed by atoms with van der Waals surface area (Å²) in [6.45, 7) is 6.99. The summed E-state index contributed by atoms with van der Waals surface area (Å²) in [7, 11) is 0. The second kappa shape index (κ2) is 9.78. The minimum atomic E-state index is -0.959. The normalized spacial score (nSPS) is 11.8. The average Bonchev–Trinajstić information content (AvgIpc) is 2.76. The van der Waals surface area contributed by atoms with Crippen LogP contribution in [-0.2, 0) is 9.59 Å². The van der Waals surface area contributed by atoms with Crippen molar-refractivity contribution < 1.29 is 9.59 Å². The van der Waals surface area contributed by atoms with Crippen LogP contribution in [0.25, 0.3) is 11.3 Å². The van der Waals surface area contributed by atoms with Crippen molar-refractivity contribution in [1.29, 1.82) is 0 Å². The van der Waals surface area contributed by atoms with Crippen LogP contribution in [-0.4, -0.2) is 21.6 Å². The zero-order valence-corrected chi connectivity index (χ0v) is 19.1. The van der Waals surface area contributed by atoms with Crippen molar-refractivity contribution in [3.63, 3.8) is 0 Å². The molecule has 0 aliphatic heterocycles. The van der Waals surface area contributed by atoms with Gasteiger partial charge in [0.2, 0.25) is 11.8 Å². The number of aromatic nitrogens is 2. The van der Waals surface area contributed by atoms with Gasteiger partial charge in [0.05, 0.1) is 16.4 Å². The van der Waals surface area contributed by atoms with Crippen molar-refractivity contribution in [3.8, 4) is 11.3 Å². The molecule has 2 amide bonds. The van der Waals surface area contributed by atoms with Crippen LogP contribution in [0.4, 0.5) is 11.4 Å². The number of anilines is 2. The van der Waals surface area contributed by atoms with Crippen LogP contribution in [0.5, 0.6) is 0 Å². The molecule has 3 aromatic rings. The Morgan fingerprint density at radius 1 is 0.938 bits per heavy atom. The van der Waals surface area contributed by atoms with Crippen LogP contribution in [0.15, 0.2) is 59.4 Å². The third kappa shape index (κ3) is 5.23. The molecule has 0 aliphatic rings. The molecule has 2 N–H and O–H groups in total. The minimum Gasteiger partial charge on any atom is -0.323 e. The first kappa shape index (κ1) is 23.2. The van der Waals surface area contributed by atoms with Gasteiger partial charge in [-0.1, -0.05) is 67.4 Å². The molecule has 1 heterocycles. The molecular formula is C24H25ClN4O3. The second-order valence-corrected chi connectivity index (χ2v) is 8.26. The first-order valence-corrected chi connectivity index (χ1v) is 10.6. The second-order valence-electron chi connectivity index (χ2n) is 7.85. The third-order valence-corrected chi connectivity index (χ3v) is 5.27. The van der Waals surface area contributed by atoms with Crippen molar-refractivity contribution in [2.24, 2.45) is 5.92 Å². The summed E-state index contributed by atoms with van der Waals surface area (Å²) in [5.74, 6) is -1.09. The van der Waals surface area contributed by atoms with E-state index in [4.69, 9.17) is 11.6 Å². The largest absolute Gasteiger partial charge is 0.323 e. The third-order valence-electron chi connectivity index (χ3n) is 4.94. The molecule has 0 aliphatic carbocycles. The highest BCUT2D eigenvalue weighted by Crippen LogP contribution is 2.23. The van der Waals surface area contributed by atoms with Gasteiger partial charge in [-0.15, -0.1) is 0 Å². The van der Waals surface area contributed by atoms with Gasteiger partial charge < -0.3 is 10.6 Å². The van der Waals surface area contributed by atoms with E-state index in [1.807, 2.05) is 31.2 Å². The van der Waals surface area contributed by atoms with Gasteiger partial charge in [0.15, 0.2) is 0 Å². The lowest BCUT2D eigenvalue weighted by Gasteiger charge is -2.18. The number of carbonyl (C=O) groups excluding carboxylic acids is 2. The van der Waals surface area contributed by atoms with E-state index in [2.05, 4.69) is 15.7 Å². The summed E-state index contributed by atoms with van der Waals surface area (Å²) in [5, 5.41) is 10.2. The number of rotatable bonds is 6. The number of halogens is 1. The van der Waals surface area contributed by atoms with Gasteiger partial charge in [-0.3, -0.25) is 14.4 Å². The van der Waals surface area contributed by atoms with Crippen LogP contribution >= 0.6 is 11.6 Å². The number of nitrogens with one attached hydrogen (secondary N) is 2. The number of hydrogen-bond donors (Lipinski definition) is 2. The Balaban J connectivity index is 2.04. The predicted molar refractivity (Wildman–Crippen MR) is 127 cm³/mol. The fourth-order valence-electron chi connectivity index (χ4n) is 2.92. The van der Waals surface area contributed by atoms with Crippen LogP contribution in [0.2, 0.25) is 5.02 Å². The van der Waals surface area contributed by atoms with E-state index in [1.54, 1.807) is 45.0 Å². The van der Waals surface area contributed by atoms with E-state index in [9.17, 15) is 14.4 Å². The zero-order chi connectivity index (χ0) is 23.4. The molecule has 0 radical (unpaired) electrons. The average molecular weight is 453 g/mol. The lowest BCUT2D eigenvalue weighted by Crippen LogP contribution is -2.36. The van der Waals surface area contributed by atoms with E-state index < -0.39 is 17.5 Å². The maximum absolute atomic E-state index is 13.1. The number of amides is 2. The van der Waals surface area contributed by atoms with E-state index >= 15 is 0 Å². The van der Waals surface area contributed by atoms with E-state index in [1.165, 1.54) is 6.07 Å². The number of aryl methyl sites for hydroxylation is 1. The van der Waals surface area contributed by atoms with Gasteiger partial charge in [0.1, 0.15) is 11.7 Å². The van der Waals surface area contributed by atoms with Crippen LogP contribution in [0.1, 0.15) is 32.4 Å². The molecule has 166 valence electrons. The Hall–Kier alpha value is -3.45. The zero-order valence-electron chi connectivity index (χ0n) is 18.3. The van der Waals surface area contributed by atoms with Gasteiger partial charge in [0, 0.05) is 11.5 Å². The predicted octanol–water partition coefficient (Wildman–Crippen LogP) is 4.67. The highest BCUT2D eigenvalue weighted by molar-refractivity contribution is 6.33. The summed E-state index contributed by atoms with van der Waals surface area (Å²) < 4.78 is 1.08. The monoisotopic (exact) mass is 452 g/mol. The Morgan fingerprint density at radius 2 is 1.56 bits per heavy atom. The summed E-state index contributed by atoms with van der Waals surface area (Å²) in [5.41, 5.74) is 2.21. The summed E-state index contributed by atoms with van der Waals surface area (Å²) in [6.07, 6.45) is 0. The molecule has 7 nitrogen and oxygen atoms in total. The Morgan fingerprint density at radius 3 is 2.19 bits per heavy atom. The summed E-state index contributed by atoms with van der Waals surface area (Å²) in [6, 6.07) is 15.0. The molecule has 0 bridgehead atoms. The van der Waals surface area contributed by atoms with Crippen molar-refractivity contribution >= 4 is 34.8 Å². The summed E-state index contributed by atoms with van der Waals surface area (Å²) >= 11 is 6.13. The molecule has 1 atom stereocenters. The Kier molecular flexibility index (Phi) is 7.10. The number of nitrogens with zero attached hydrogens (tertiary/aromatic N) is 2. The van der Waals surface area contributed by atoms with Crippen LogP contribution in [0, 0.1) is 12.8 Å². The number of hydrogen-bond acceptors (Lipinski definition) is 4. The molecule has 0 fully saturated rings. The quantitative estimate of drug-likeness (QED) is 0.568. The molecule has 32 heavy (non-hydrogen) atoms. The lowest BCUT2D eigenvalue weighted by molar-refractivity contribution is -0.119. The van der Waals surface area contributed by atoms with E-state index in [0.29, 0.717) is 16.4 Å². The SMILES string of the molecule is Cc1ccc(-c2cc(NC(=O)C(C)C)c(=O)n([C@H](C)C(=O)Nc3ccccc3Cl)n2)cc1. The van der Waals surface area contributed by atoms with Gasteiger partial charge in [0.25, 0.3) is 5.56 Å². The molecular weight excluding hydrogens is 428 g/mol. The van der Waals surface area contributed by atoms with Gasteiger partial charge in [-0.2, -0.15) is 5.10 Å². The fourth-order valence-corrected chi connectivity index (χ4v) is 3.10. The number of benzene rings is 2. The van der Waals surface area contributed by atoms with Gasteiger partial charge in [-0.25, -0.2) is 4.68 Å². The smallest absolute Gasteiger partial charge is 0.291 e. The molecule has 8 heteroatoms. The highest BCUT2D eigenvalue weighted by atomic mass is 35.5. The van der Waals surface area contributed by atoms with Crippen molar-refractivity contribution in [2.45, 2.75) is 33.7 Å². The highest BCUT2D eigenvalue weighted by Gasteiger charge is 2.22. The first-order valence-electron chi connectivity index (χ1n) is 10.2. The first-order chi connectivity index (χ1) is 15.2. The minimum absolute atomic E-state index is 0.0617. The standard InChI is InChI=1S/C24H25ClN4O3/c1-14(2)22(30)27-21-13-20(17-11-9-15(3)10-12-17)28-29(24(21)32)16(4)23(31)26-19-8-6-5-7-18(19)25/h5-14,16H,1-4H3,(H,26,31)(H,27,30)/t16-/m1/s1. The van der Waals surface area contributed by atoms with Gasteiger partial charge in [-0.05, 0) is 32.0 Å². The molecule has 0 spiro atoms. The Labute approximate surface area is 191 Å². The number of carbonyl (C=O) groups is 2. The molecule has 0 unspecified atom stereocenters. The van der Waals surface area contributed by atoms with Crippen molar-refractivity contribution in [1.82, 2.24) is 9.78 Å². The lowest BCUT2D eigenvalue weighted by atomic mass is 10.1. The summed E-state index contributed by atoms with van der Waals surface area (Å²) in [4.78, 5) is 38.3. The van der Waals surface area contributed by atoms with E-state index in [-0.39, 0.29) is 17.5 Å². The van der Waals surface area contributed by atoms with Crippen LogP contribution in [0.3, 0.4) is 0 Å². The molecule has 2 aromatic carbocycles.